The number of carboxylic acids is 1. The molecule has 0 radical (unpaired) electrons. The average Bonchev–Trinajstić information content (AvgIpc) is 2.86. The Labute approximate surface area is 196 Å². The van der Waals surface area contributed by atoms with E-state index < -0.39 is 5.97 Å². The smallest absolute Gasteiger partial charge is 0.341 e. The minimum atomic E-state index is -0.940. The summed E-state index contributed by atoms with van der Waals surface area (Å²) < 4.78 is 11.9. The maximum atomic E-state index is 10.9. The highest BCUT2D eigenvalue weighted by Gasteiger charge is 2.23. The highest BCUT2D eigenvalue weighted by atomic mass is 16.5. The molecule has 0 spiro atoms. The Hall–Kier alpha value is -3.11. The predicted octanol–water partition coefficient (Wildman–Crippen LogP) is 6.55. The highest BCUT2D eigenvalue weighted by Crippen LogP contribution is 2.39. The van der Waals surface area contributed by atoms with Crippen molar-refractivity contribution in [2.24, 2.45) is 0 Å². The van der Waals surface area contributed by atoms with Gasteiger partial charge in [-0.3, -0.25) is 0 Å². The summed E-state index contributed by atoms with van der Waals surface area (Å²) in [6.07, 6.45) is 6.42. The van der Waals surface area contributed by atoms with Crippen LogP contribution in [0.4, 0.5) is 0 Å². The molecule has 0 aliphatic heterocycles. The van der Waals surface area contributed by atoms with Crippen molar-refractivity contribution in [2.75, 3.05) is 13.2 Å². The van der Waals surface area contributed by atoms with Crippen molar-refractivity contribution in [3.05, 3.63) is 101 Å². The van der Waals surface area contributed by atoms with E-state index in [9.17, 15) is 4.79 Å². The molecule has 33 heavy (non-hydrogen) atoms. The van der Waals surface area contributed by atoms with Crippen molar-refractivity contribution in [2.45, 2.75) is 50.5 Å². The Morgan fingerprint density at radius 2 is 1.61 bits per heavy atom. The zero-order valence-corrected chi connectivity index (χ0v) is 19.0. The summed E-state index contributed by atoms with van der Waals surface area (Å²) in [6.45, 7) is 0.429. The normalized spacial score (nSPS) is 15.2. The summed E-state index contributed by atoms with van der Waals surface area (Å²) in [7, 11) is 0. The van der Waals surface area contributed by atoms with E-state index in [-0.39, 0.29) is 12.7 Å². The first kappa shape index (κ1) is 23.1. The molecular weight excluding hydrogens is 412 g/mol. The standard InChI is InChI=1S/C29H32O4/c30-28(31)21-33-27-19-10-17-25-22(16-9-18-26(25)27)11-7-8-20-32-29(23-12-3-1-4-13-23)24-14-5-2-6-15-24/h1-6,10,12-15,17,19,22,29H,7-9,11,16,18,20-21H2,(H,30,31). The van der Waals surface area contributed by atoms with Gasteiger partial charge in [-0.25, -0.2) is 4.79 Å². The molecule has 0 amide bonds. The van der Waals surface area contributed by atoms with Gasteiger partial charge in [0.25, 0.3) is 0 Å². The number of rotatable bonds is 11. The topological polar surface area (TPSA) is 55.8 Å². The van der Waals surface area contributed by atoms with Gasteiger partial charge in [-0.15, -0.1) is 0 Å². The molecular formula is C29H32O4. The third-order valence-electron chi connectivity index (χ3n) is 6.38. The second-order valence-corrected chi connectivity index (χ2v) is 8.66. The van der Waals surface area contributed by atoms with Gasteiger partial charge in [-0.2, -0.15) is 0 Å². The van der Waals surface area contributed by atoms with Crippen LogP contribution in [0.3, 0.4) is 0 Å². The lowest BCUT2D eigenvalue weighted by Gasteiger charge is -2.27. The fourth-order valence-electron chi connectivity index (χ4n) is 4.82. The Balaban J connectivity index is 1.32. The van der Waals surface area contributed by atoms with Crippen LogP contribution < -0.4 is 4.74 Å². The zero-order valence-electron chi connectivity index (χ0n) is 19.0. The summed E-state index contributed by atoms with van der Waals surface area (Å²) in [5, 5.41) is 8.95. The molecule has 0 saturated carbocycles. The average molecular weight is 445 g/mol. The van der Waals surface area contributed by atoms with Crippen LogP contribution in [0.2, 0.25) is 0 Å². The Morgan fingerprint density at radius 3 is 2.27 bits per heavy atom. The third kappa shape index (κ3) is 6.23. The van der Waals surface area contributed by atoms with E-state index in [1.165, 1.54) is 28.7 Å². The number of hydrogen-bond donors (Lipinski definition) is 1. The van der Waals surface area contributed by atoms with Crippen molar-refractivity contribution in [1.29, 1.82) is 0 Å². The molecule has 0 heterocycles. The summed E-state index contributed by atoms with van der Waals surface area (Å²) in [5.74, 6) is 0.293. The van der Waals surface area contributed by atoms with Crippen molar-refractivity contribution >= 4 is 5.97 Å². The number of unbranched alkanes of at least 4 members (excludes halogenated alkanes) is 1. The van der Waals surface area contributed by atoms with Crippen LogP contribution in [-0.2, 0) is 16.0 Å². The van der Waals surface area contributed by atoms with Crippen molar-refractivity contribution in [3.8, 4) is 5.75 Å². The zero-order chi connectivity index (χ0) is 22.9. The quantitative estimate of drug-likeness (QED) is 0.341. The maximum Gasteiger partial charge on any atom is 0.341 e. The van der Waals surface area contributed by atoms with Crippen LogP contribution in [0.25, 0.3) is 0 Å². The van der Waals surface area contributed by atoms with E-state index in [0.29, 0.717) is 5.92 Å². The third-order valence-corrected chi connectivity index (χ3v) is 6.38. The first-order valence-electron chi connectivity index (χ1n) is 11.9. The number of hydrogen-bond acceptors (Lipinski definition) is 3. The molecule has 1 atom stereocenters. The second kappa shape index (κ2) is 11.7. The molecule has 0 saturated heterocycles. The van der Waals surface area contributed by atoms with Gasteiger partial charge in [0.05, 0.1) is 0 Å². The molecule has 172 valence electrons. The van der Waals surface area contributed by atoms with Gasteiger partial charge in [0, 0.05) is 6.61 Å². The lowest BCUT2D eigenvalue weighted by molar-refractivity contribution is -0.139. The Bertz CT molecular complexity index is 977. The summed E-state index contributed by atoms with van der Waals surface area (Å²) >= 11 is 0. The Kier molecular flexibility index (Phi) is 8.15. The van der Waals surface area contributed by atoms with Gasteiger partial charge < -0.3 is 14.6 Å². The van der Waals surface area contributed by atoms with E-state index in [2.05, 4.69) is 54.6 Å². The van der Waals surface area contributed by atoms with Crippen molar-refractivity contribution in [3.63, 3.8) is 0 Å². The van der Waals surface area contributed by atoms with Crippen molar-refractivity contribution < 1.29 is 19.4 Å². The van der Waals surface area contributed by atoms with Gasteiger partial charge >= 0.3 is 5.97 Å². The number of ether oxygens (including phenoxy) is 2. The van der Waals surface area contributed by atoms with Gasteiger partial charge in [-0.05, 0) is 66.3 Å². The molecule has 1 unspecified atom stereocenters. The molecule has 1 aliphatic carbocycles. The highest BCUT2D eigenvalue weighted by molar-refractivity contribution is 5.68. The van der Waals surface area contributed by atoms with Gasteiger partial charge in [0.2, 0.25) is 0 Å². The number of aliphatic carboxylic acids is 1. The predicted molar refractivity (Wildman–Crippen MR) is 130 cm³/mol. The molecule has 3 aromatic rings. The van der Waals surface area contributed by atoms with E-state index in [4.69, 9.17) is 14.6 Å². The molecule has 1 aliphatic rings. The molecule has 3 aromatic carbocycles. The largest absolute Gasteiger partial charge is 0.482 e. The van der Waals surface area contributed by atoms with Crippen LogP contribution in [0, 0.1) is 0 Å². The van der Waals surface area contributed by atoms with Gasteiger partial charge in [0.15, 0.2) is 6.61 Å². The summed E-state index contributed by atoms with van der Waals surface area (Å²) in [6, 6.07) is 26.9. The summed E-state index contributed by atoms with van der Waals surface area (Å²) in [5.41, 5.74) is 4.88. The van der Waals surface area contributed by atoms with E-state index in [0.717, 1.165) is 44.5 Å². The first-order chi connectivity index (χ1) is 16.2. The fourth-order valence-corrected chi connectivity index (χ4v) is 4.82. The van der Waals surface area contributed by atoms with E-state index in [1.807, 2.05) is 24.3 Å². The number of carboxylic acid groups (broad SMARTS) is 1. The van der Waals surface area contributed by atoms with Crippen LogP contribution in [0.1, 0.15) is 66.4 Å². The number of carbonyl (C=O) groups is 1. The fraction of sp³-hybridized carbons (Fsp3) is 0.345. The van der Waals surface area contributed by atoms with Crippen LogP contribution in [0.15, 0.2) is 78.9 Å². The molecule has 0 aromatic heterocycles. The lowest BCUT2D eigenvalue weighted by atomic mass is 9.80. The second-order valence-electron chi connectivity index (χ2n) is 8.66. The number of fused-ring (bicyclic) bond motifs is 1. The van der Waals surface area contributed by atoms with E-state index in [1.54, 1.807) is 0 Å². The molecule has 1 N–H and O–H groups in total. The van der Waals surface area contributed by atoms with Gasteiger partial charge in [-0.1, -0.05) is 79.2 Å². The Morgan fingerprint density at radius 1 is 0.909 bits per heavy atom. The lowest BCUT2D eigenvalue weighted by Crippen LogP contribution is -2.15. The SMILES string of the molecule is O=C(O)COc1cccc2c1CCCC2CCCCOC(c1ccccc1)c1ccccc1. The maximum absolute atomic E-state index is 10.9. The van der Waals surface area contributed by atoms with Crippen LogP contribution in [0.5, 0.6) is 5.75 Å². The van der Waals surface area contributed by atoms with Crippen LogP contribution in [-0.4, -0.2) is 24.3 Å². The monoisotopic (exact) mass is 444 g/mol. The first-order valence-corrected chi connectivity index (χ1v) is 11.9. The molecule has 4 rings (SSSR count). The molecule has 4 heteroatoms. The number of benzene rings is 3. The summed E-state index contributed by atoms with van der Waals surface area (Å²) in [4.78, 5) is 10.9. The van der Waals surface area contributed by atoms with Crippen LogP contribution >= 0.6 is 0 Å². The molecule has 0 fully saturated rings. The minimum Gasteiger partial charge on any atom is -0.482 e. The van der Waals surface area contributed by atoms with E-state index >= 15 is 0 Å². The molecule has 4 nitrogen and oxygen atoms in total. The molecule has 0 bridgehead atoms. The van der Waals surface area contributed by atoms with Crippen molar-refractivity contribution in [1.82, 2.24) is 0 Å². The van der Waals surface area contributed by atoms with Gasteiger partial charge in [0.1, 0.15) is 11.9 Å². The minimum absolute atomic E-state index is 0.0447.